The van der Waals surface area contributed by atoms with Gasteiger partial charge in [0, 0.05) is 56.4 Å². The van der Waals surface area contributed by atoms with Crippen molar-refractivity contribution in [3.8, 4) is 0 Å². The van der Waals surface area contributed by atoms with Gasteiger partial charge in [0.1, 0.15) is 29.7 Å². The van der Waals surface area contributed by atoms with E-state index < -0.39 is 184 Å². The molecule has 29 nitrogen and oxygen atoms in total. The lowest BCUT2D eigenvalue weighted by atomic mass is 9.73. The number of Topliss-reactive ketones (excluding diaryl/α,β-unsaturated/α-hetero) is 5. The second-order valence-electron chi connectivity index (χ2n) is 31.8. The molecule has 10 amide bonds. The predicted octanol–water partition coefficient (Wildman–Crippen LogP) is 4.60. The van der Waals surface area contributed by atoms with E-state index in [1.165, 1.54) is 62.3 Å². The second-order valence-corrected chi connectivity index (χ2v) is 31.8. The summed E-state index contributed by atoms with van der Waals surface area (Å²) in [4.78, 5) is 214. The van der Waals surface area contributed by atoms with E-state index in [0.29, 0.717) is 74.4 Å². The monoisotopic (exact) mass is 1550 g/mol. The van der Waals surface area contributed by atoms with Crippen molar-refractivity contribution in [3.63, 3.8) is 0 Å². The normalized spacial score (nSPS) is 23.0. The molecule has 1 aromatic heterocycles. The van der Waals surface area contributed by atoms with Crippen LogP contribution >= 0.6 is 0 Å². The summed E-state index contributed by atoms with van der Waals surface area (Å²) >= 11 is 0. The molecule has 29 heteroatoms. The summed E-state index contributed by atoms with van der Waals surface area (Å²) < 4.78 is 0. The van der Waals surface area contributed by atoms with Crippen molar-refractivity contribution in [2.75, 3.05) is 13.1 Å². The fraction of sp³-hybridized carbons (Fsp3) is 0.622. The molecule has 16 N–H and O–H groups in total. The van der Waals surface area contributed by atoms with E-state index in [-0.39, 0.29) is 69.9 Å². The molecule has 0 spiro atoms. The third-order valence-corrected chi connectivity index (χ3v) is 20.5. The Hall–Kier alpha value is -9.35. The lowest BCUT2D eigenvalue weighted by molar-refractivity contribution is -0.143. The van der Waals surface area contributed by atoms with Crippen LogP contribution in [0.2, 0.25) is 0 Å². The third kappa shape index (κ3) is 30.3. The third-order valence-electron chi connectivity index (χ3n) is 20.5. The molecule has 0 aliphatic carbocycles. The Bertz CT molecular complexity index is 3740. The zero-order valence-corrected chi connectivity index (χ0v) is 67.5. The van der Waals surface area contributed by atoms with Gasteiger partial charge in [0.05, 0.1) is 53.1 Å². The number of ketones is 5. The fourth-order valence-electron chi connectivity index (χ4n) is 13.5. The number of para-hydroxylation sites is 1. The van der Waals surface area contributed by atoms with Crippen LogP contribution in [-0.4, -0.2) is 177 Å². The highest BCUT2D eigenvalue weighted by Crippen LogP contribution is 2.35. The van der Waals surface area contributed by atoms with Crippen molar-refractivity contribution < 1.29 is 77.0 Å². The molecular formula is C82H125N13O16. The van der Waals surface area contributed by atoms with E-state index in [4.69, 9.17) is 11.5 Å². The number of amides is 10. The summed E-state index contributed by atoms with van der Waals surface area (Å²) in [5.74, 6) is -13.9. The molecular weight excluding hydrogens is 1420 g/mol. The van der Waals surface area contributed by atoms with Gasteiger partial charge in [-0.3, -0.25) is 71.9 Å². The maximum atomic E-state index is 15.8. The summed E-state index contributed by atoms with van der Waals surface area (Å²) in [5.41, 5.74) is 7.65. The van der Waals surface area contributed by atoms with E-state index >= 15 is 14.4 Å². The SMILES string of the molecule is CCCC[C@H](CNC(C)C(=O)C(=O)C(C)NC(=O)[C@]1(C)CCC/C=C/CCCCCC[C@@](C)(NC(=O)[C@H](Cc2ccccc2)NC(=O)[C@@H](NC(=O)[C@H](CC(C)C)NC(C)=O)[C@@H](C)O)C(=O)C[C@@](C)(Cc2c[nH]c3ccccc23)C(=O)N[C@@H](C)C(=O)C(=O)[C@H](CCC(N)=O)NC[C@@H](CC(C)C)C(=O)N1)C(=O)NC(C)C(N)=O. The van der Waals surface area contributed by atoms with Crippen LogP contribution in [0.25, 0.3) is 10.9 Å². The minimum absolute atomic E-state index is 0.0165. The van der Waals surface area contributed by atoms with Crippen molar-refractivity contribution in [3.05, 3.63) is 84.1 Å². The van der Waals surface area contributed by atoms with E-state index in [1.807, 2.05) is 65.0 Å². The number of aromatic nitrogens is 1. The number of aliphatic hydroxyl groups is 1. The van der Waals surface area contributed by atoms with Crippen LogP contribution in [0.15, 0.2) is 72.9 Å². The first kappa shape index (κ1) is 94.0. The highest BCUT2D eigenvalue weighted by molar-refractivity contribution is 6.41. The summed E-state index contributed by atoms with van der Waals surface area (Å²) in [5, 5.41) is 39.5. The Morgan fingerprint density at radius 2 is 1.32 bits per heavy atom. The minimum Gasteiger partial charge on any atom is -0.391 e. The first-order valence-electron chi connectivity index (χ1n) is 39.3. The summed E-state index contributed by atoms with van der Waals surface area (Å²) in [6, 6.07) is 5.31. The van der Waals surface area contributed by atoms with Crippen LogP contribution in [-0.2, 0) is 84.8 Å². The molecule has 3 aromatic rings. The van der Waals surface area contributed by atoms with Crippen LogP contribution < -0.4 is 64.6 Å². The molecule has 1 aliphatic rings. The van der Waals surface area contributed by atoms with Crippen molar-refractivity contribution in [2.45, 2.75) is 284 Å². The van der Waals surface area contributed by atoms with Crippen LogP contribution in [0.1, 0.15) is 217 Å². The molecule has 3 unspecified atom stereocenters. The molecule has 111 heavy (non-hydrogen) atoms. The van der Waals surface area contributed by atoms with E-state index in [1.54, 1.807) is 42.6 Å². The van der Waals surface area contributed by atoms with Gasteiger partial charge in [0.2, 0.25) is 82.2 Å². The van der Waals surface area contributed by atoms with Crippen molar-refractivity contribution >= 4 is 98.9 Å². The van der Waals surface area contributed by atoms with Gasteiger partial charge in [0.25, 0.3) is 0 Å². The lowest BCUT2D eigenvalue weighted by Crippen LogP contribution is -2.62. The molecule has 0 saturated carbocycles. The van der Waals surface area contributed by atoms with Crippen LogP contribution in [0.5, 0.6) is 0 Å². The number of benzene rings is 2. The fourth-order valence-corrected chi connectivity index (χ4v) is 13.5. The van der Waals surface area contributed by atoms with Gasteiger partial charge in [-0.1, -0.05) is 134 Å². The Kier molecular flexibility index (Phi) is 38.3. The number of fused-ring (bicyclic) bond motifs is 1. The van der Waals surface area contributed by atoms with Gasteiger partial charge in [-0.2, -0.15) is 0 Å². The highest BCUT2D eigenvalue weighted by atomic mass is 16.3. The Morgan fingerprint density at radius 1 is 0.676 bits per heavy atom. The molecule has 4 rings (SSSR count). The number of H-pyrrole nitrogens is 1. The van der Waals surface area contributed by atoms with Gasteiger partial charge in [-0.05, 0) is 148 Å². The quantitative estimate of drug-likeness (QED) is 0.0293. The molecule has 14 atom stereocenters. The maximum absolute atomic E-state index is 15.8. The number of primary amides is 2. The predicted molar refractivity (Wildman–Crippen MR) is 422 cm³/mol. The average Bonchev–Trinajstić information content (AvgIpc) is 1.78. The topological polar surface area (TPSA) is 464 Å². The largest absolute Gasteiger partial charge is 0.391 e. The van der Waals surface area contributed by atoms with Crippen molar-refractivity contribution in [1.29, 1.82) is 0 Å². The standard InChI is InChI=1S/C82H125N13O16/c1-15-16-33-57(73(105)88-53(9)72(84)104)45-85-50(6)68(100)69(101)51(7)90-79(111)82(14)39-30-23-21-19-17-18-20-22-29-38-81(13,95-76(108)64(42-56-31-25-24-26-32-56)92-77(109)67(54(10)96)93-75(107)63(41-49(4)5)91-55(11)97)65(98)44-80(12,43-59-47-86-61-35-28-27-34-60(59)61)78(110)89-52(8)70(102)71(103)62(36-37-66(83)99)87-46-58(40-48(2)3)74(106)94-82/h19,21,24-28,31-32,34-35,47-54,57-58,62-64,67,85-87,96H,15-18,20,22-23,29-30,33,36-46H2,1-14H3,(H2,83,99)(H2,84,104)(H,88,105)(H,89,110)(H,90,111)(H,91,97)(H,92,109)(H,93,107)(H,94,106)(H,95,108)/b21-19+/t50?,51?,52-,53?,54+,57+,58+,62-,63-,64-,67-,80+,81+,82-/m0/s1. The maximum Gasteiger partial charge on any atom is 0.246 e. The zero-order chi connectivity index (χ0) is 83.1. The number of rotatable bonds is 33. The Morgan fingerprint density at radius 3 is 1.94 bits per heavy atom. The van der Waals surface area contributed by atoms with Gasteiger partial charge < -0.3 is 74.7 Å². The smallest absolute Gasteiger partial charge is 0.246 e. The number of nitrogens with one attached hydrogen (secondary N) is 11. The summed E-state index contributed by atoms with van der Waals surface area (Å²) in [6.45, 7) is 21.6. The average molecular weight is 1550 g/mol. The first-order chi connectivity index (χ1) is 52.1. The molecule has 614 valence electrons. The van der Waals surface area contributed by atoms with Crippen LogP contribution in [0.4, 0.5) is 0 Å². The van der Waals surface area contributed by atoms with E-state index in [9.17, 15) is 62.6 Å². The van der Waals surface area contributed by atoms with Gasteiger partial charge >= 0.3 is 0 Å². The number of carbonyl (C=O) groups is 15. The Balaban J connectivity index is 1.79. The number of hydrogen-bond acceptors (Lipinski definition) is 18. The molecule has 0 bridgehead atoms. The Labute approximate surface area is 653 Å². The first-order valence-corrected chi connectivity index (χ1v) is 39.3. The van der Waals surface area contributed by atoms with Crippen LogP contribution in [0, 0.1) is 29.1 Å². The summed E-state index contributed by atoms with van der Waals surface area (Å²) in [6.07, 6.45) is 8.37. The van der Waals surface area contributed by atoms with Crippen molar-refractivity contribution in [2.24, 2.45) is 40.6 Å². The number of carbonyl (C=O) groups excluding carboxylic acids is 15. The van der Waals surface area contributed by atoms with Gasteiger partial charge in [0.15, 0.2) is 5.78 Å². The highest BCUT2D eigenvalue weighted by Gasteiger charge is 2.46. The number of allylic oxidation sites excluding steroid dienone is 2. The zero-order valence-electron chi connectivity index (χ0n) is 67.5. The second kappa shape index (κ2) is 45.2. The lowest BCUT2D eigenvalue weighted by Gasteiger charge is -2.36. The molecule has 2 aromatic carbocycles. The molecule has 1 aliphatic heterocycles. The van der Waals surface area contributed by atoms with E-state index in [0.717, 1.165) is 11.8 Å². The summed E-state index contributed by atoms with van der Waals surface area (Å²) in [7, 11) is 0. The molecule has 0 saturated heterocycles. The number of hydrogen-bond donors (Lipinski definition) is 14. The number of nitrogens with two attached hydrogens (primary N) is 2. The molecule has 2 heterocycles. The number of unbranched alkanes of at least 4 members (excludes halogenated alkanes) is 1. The van der Waals surface area contributed by atoms with Gasteiger partial charge in [-0.15, -0.1) is 0 Å². The minimum atomic E-state index is -1.79. The van der Waals surface area contributed by atoms with Crippen molar-refractivity contribution in [1.82, 2.24) is 58.2 Å². The van der Waals surface area contributed by atoms with E-state index in [2.05, 4.69) is 58.2 Å². The molecule has 0 radical (unpaired) electrons. The van der Waals surface area contributed by atoms with Crippen LogP contribution in [0.3, 0.4) is 0 Å². The number of aliphatic hydroxyl groups excluding tert-OH is 1. The number of aromatic amines is 1. The molecule has 0 fully saturated rings. The van der Waals surface area contributed by atoms with Gasteiger partial charge in [-0.25, -0.2) is 0 Å².